The van der Waals surface area contributed by atoms with Crippen molar-refractivity contribution >= 4 is 11.1 Å². The van der Waals surface area contributed by atoms with Crippen molar-refractivity contribution in [3.63, 3.8) is 0 Å². The normalized spacial score (nSPS) is 20.2. The van der Waals surface area contributed by atoms with Crippen LogP contribution in [0.5, 0.6) is 6.01 Å². The third-order valence-electron chi connectivity index (χ3n) is 3.05. The van der Waals surface area contributed by atoms with E-state index in [0.29, 0.717) is 18.3 Å². The molecular formula is C13H16N2O3. The van der Waals surface area contributed by atoms with E-state index in [1.807, 2.05) is 13.0 Å². The molecule has 0 radical (unpaired) electrons. The van der Waals surface area contributed by atoms with Gasteiger partial charge in [-0.25, -0.2) is 4.98 Å². The summed E-state index contributed by atoms with van der Waals surface area (Å²) in [6, 6.07) is 2.26. The highest BCUT2D eigenvalue weighted by Gasteiger charge is 2.15. The molecule has 96 valence electrons. The second kappa shape index (κ2) is 4.94. The molecule has 1 unspecified atom stereocenters. The fourth-order valence-electron chi connectivity index (χ4n) is 2.12. The molecule has 5 heteroatoms. The minimum absolute atomic E-state index is 0.163. The molecule has 1 atom stereocenters. The molecular weight excluding hydrogens is 232 g/mol. The van der Waals surface area contributed by atoms with Crippen LogP contribution in [0.3, 0.4) is 0 Å². The topological polar surface area (TPSA) is 57.4 Å². The zero-order valence-electron chi connectivity index (χ0n) is 10.4. The predicted molar refractivity (Wildman–Crippen MR) is 65.6 cm³/mol. The lowest BCUT2D eigenvalue weighted by atomic mass is 10.1. The molecule has 1 fully saturated rings. The maximum atomic E-state index is 5.59. The second-order valence-electron chi connectivity index (χ2n) is 4.57. The van der Waals surface area contributed by atoms with E-state index in [4.69, 9.17) is 13.9 Å². The summed E-state index contributed by atoms with van der Waals surface area (Å²) < 4.78 is 16.6. The summed E-state index contributed by atoms with van der Waals surface area (Å²) in [5.41, 5.74) is 0.571. The van der Waals surface area contributed by atoms with E-state index in [9.17, 15) is 0 Å². The van der Waals surface area contributed by atoms with Crippen LogP contribution in [0.25, 0.3) is 11.1 Å². The van der Waals surface area contributed by atoms with Crippen LogP contribution in [0.4, 0.5) is 0 Å². The van der Waals surface area contributed by atoms with Crippen LogP contribution >= 0.6 is 0 Å². The lowest BCUT2D eigenvalue weighted by molar-refractivity contribution is -0.0128. The highest BCUT2D eigenvalue weighted by atomic mass is 16.5. The van der Waals surface area contributed by atoms with Crippen molar-refractivity contribution in [1.29, 1.82) is 0 Å². The molecule has 0 aromatic carbocycles. The van der Waals surface area contributed by atoms with Crippen molar-refractivity contribution in [3.05, 3.63) is 18.0 Å². The first-order chi connectivity index (χ1) is 8.81. The van der Waals surface area contributed by atoms with Gasteiger partial charge in [0.2, 0.25) is 5.71 Å². The van der Waals surface area contributed by atoms with Gasteiger partial charge in [-0.2, -0.15) is 4.98 Å². The van der Waals surface area contributed by atoms with Crippen LogP contribution < -0.4 is 4.74 Å². The standard InChI is InChI=1S/C13H16N2O3/c1-9-6-10-7-14-13(15-12(10)18-9)17-8-11-4-2-3-5-16-11/h6-7,11H,2-5,8H2,1H3. The Bertz CT molecular complexity index is 532. The number of ether oxygens (including phenoxy) is 2. The molecule has 3 rings (SSSR count). The average molecular weight is 248 g/mol. The molecule has 0 N–H and O–H groups in total. The van der Waals surface area contributed by atoms with Gasteiger partial charge in [0.25, 0.3) is 0 Å². The molecule has 1 aliphatic rings. The molecule has 0 bridgehead atoms. The smallest absolute Gasteiger partial charge is 0.319 e. The Balaban J connectivity index is 1.66. The van der Waals surface area contributed by atoms with Gasteiger partial charge < -0.3 is 13.9 Å². The van der Waals surface area contributed by atoms with Gasteiger partial charge in [0.1, 0.15) is 12.4 Å². The first-order valence-electron chi connectivity index (χ1n) is 6.29. The van der Waals surface area contributed by atoms with Crippen molar-refractivity contribution in [3.8, 4) is 6.01 Å². The molecule has 3 heterocycles. The molecule has 1 aliphatic heterocycles. The van der Waals surface area contributed by atoms with Gasteiger partial charge in [-0.3, -0.25) is 0 Å². The number of fused-ring (bicyclic) bond motifs is 1. The quantitative estimate of drug-likeness (QED) is 0.835. The highest BCUT2D eigenvalue weighted by Crippen LogP contribution is 2.19. The number of aromatic nitrogens is 2. The zero-order valence-corrected chi connectivity index (χ0v) is 10.4. The van der Waals surface area contributed by atoms with Crippen molar-refractivity contribution in [2.24, 2.45) is 0 Å². The Hall–Kier alpha value is -1.62. The van der Waals surface area contributed by atoms with E-state index in [1.165, 1.54) is 6.42 Å². The lowest BCUT2D eigenvalue weighted by Gasteiger charge is -2.21. The van der Waals surface area contributed by atoms with E-state index in [0.717, 1.165) is 30.6 Å². The Morgan fingerprint density at radius 1 is 1.44 bits per heavy atom. The molecule has 1 saturated heterocycles. The highest BCUT2D eigenvalue weighted by molar-refractivity contribution is 5.72. The van der Waals surface area contributed by atoms with Crippen molar-refractivity contribution in [1.82, 2.24) is 9.97 Å². The molecule has 0 saturated carbocycles. The van der Waals surface area contributed by atoms with Crippen LogP contribution in [-0.2, 0) is 4.74 Å². The Labute approximate surface area is 105 Å². The largest absolute Gasteiger partial charge is 0.461 e. The Morgan fingerprint density at radius 2 is 2.39 bits per heavy atom. The molecule has 5 nitrogen and oxygen atoms in total. The minimum atomic E-state index is 0.163. The number of nitrogens with zero attached hydrogens (tertiary/aromatic N) is 2. The number of rotatable bonds is 3. The monoisotopic (exact) mass is 248 g/mol. The van der Waals surface area contributed by atoms with Crippen LogP contribution in [0.2, 0.25) is 0 Å². The third-order valence-corrected chi connectivity index (χ3v) is 3.05. The van der Waals surface area contributed by atoms with Crippen molar-refractivity contribution in [2.75, 3.05) is 13.2 Å². The fourth-order valence-corrected chi connectivity index (χ4v) is 2.12. The van der Waals surface area contributed by atoms with E-state index >= 15 is 0 Å². The summed E-state index contributed by atoms with van der Waals surface area (Å²) in [7, 11) is 0. The van der Waals surface area contributed by atoms with Crippen LogP contribution in [-0.4, -0.2) is 29.3 Å². The van der Waals surface area contributed by atoms with Crippen LogP contribution in [0, 0.1) is 6.92 Å². The number of hydrogen-bond acceptors (Lipinski definition) is 5. The summed E-state index contributed by atoms with van der Waals surface area (Å²) in [5.74, 6) is 0.826. The van der Waals surface area contributed by atoms with Gasteiger partial charge in [0.15, 0.2) is 0 Å². The van der Waals surface area contributed by atoms with E-state index in [1.54, 1.807) is 6.20 Å². The number of aryl methyl sites for hydroxylation is 1. The van der Waals surface area contributed by atoms with Crippen LogP contribution in [0.15, 0.2) is 16.7 Å². The summed E-state index contributed by atoms with van der Waals surface area (Å²) in [6.07, 6.45) is 5.27. The summed E-state index contributed by atoms with van der Waals surface area (Å²) in [5, 5.41) is 0.897. The SMILES string of the molecule is Cc1cc2cnc(OCC3CCCCO3)nc2o1. The molecule has 2 aromatic heterocycles. The third kappa shape index (κ3) is 2.46. The Kier molecular flexibility index (Phi) is 3.15. The first-order valence-corrected chi connectivity index (χ1v) is 6.29. The van der Waals surface area contributed by atoms with Gasteiger partial charge in [0.05, 0.1) is 11.5 Å². The lowest BCUT2D eigenvalue weighted by Crippen LogP contribution is -2.26. The average Bonchev–Trinajstić information content (AvgIpc) is 2.77. The summed E-state index contributed by atoms with van der Waals surface area (Å²) in [6.45, 7) is 3.22. The van der Waals surface area contributed by atoms with Crippen LogP contribution in [0.1, 0.15) is 25.0 Å². The minimum Gasteiger partial charge on any atom is -0.461 e. The fraction of sp³-hybridized carbons (Fsp3) is 0.538. The Morgan fingerprint density at radius 3 is 3.22 bits per heavy atom. The molecule has 2 aromatic rings. The van der Waals surface area contributed by atoms with Gasteiger partial charge >= 0.3 is 6.01 Å². The zero-order chi connectivity index (χ0) is 12.4. The van der Waals surface area contributed by atoms with Crippen molar-refractivity contribution in [2.45, 2.75) is 32.3 Å². The maximum absolute atomic E-state index is 5.59. The predicted octanol–water partition coefficient (Wildman–Crippen LogP) is 2.48. The van der Waals surface area contributed by atoms with Gasteiger partial charge in [-0.05, 0) is 32.3 Å². The number of hydrogen-bond donors (Lipinski definition) is 0. The van der Waals surface area contributed by atoms with Gasteiger partial charge in [0, 0.05) is 12.8 Å². The molecule has 0 spiro atoms. The summed E-state index contributed by atoms with van der Waals surface area (Å²) >= 11 is 0. The van der Waals surface area contributed by atoms with E-state index < -0.39 is 0 Å². The van der Waals surface area contributed by atoms with Gasteiger partial charge in [-0.15, -0.1) is 0 Å². The first kappa shape index (κ1) is 11.5. The van der Waals surface area contributed by atoms with Crippen molar-refractivity contribution < 1.29 is 13.9 Å². The van der Waals surface area contributed by atoms with Gasteiger partial charge in [-0.1, -0.05) is 0 Å². The maximum Gasteiger partial charge on any atom is 0.319 e. The molecule has 0 amide bonds. The summed E-state index contributed by atoms with van der Waals surface area (Å²) in [4.78, 5) is 8.38. The second-order valence-corrected chi connectivity index (χ2v) is 4.57. The molecule has 18 heavy (non-hydrogen) atoms. The van der Waals surface area contributed by atoms with E-state index in [-0.39, 0.29) is 6.10 Å². The number of furan rings is 1. The molecule has 0 aliphatic carbocycles. The van der Waals surface area contributed by atoms with E-state index in [2.05, 4.69) is 9.97 Å².